The van der Waals surface area contributed by atoms with Crippen LogP contribution in [-0.2, 0) is 9.53 Å². The first-order valence-corrected chi connectivity index (χ1v) is 4.41. The molecule has 1 unspecified atom stereocenters. The number of nitrogens with zero attached hydrogens (tertiary/aromatic N) is 2. The van der Waals surface area contributed by atoms with Crippen LogP contribution in [0.4, 0.5) is 0 Å². The first-order valence-electron chi connectivity index (χ1n) is 4.41. The van der Waals surface area contributed by atoms with Crippen LogP contribution in [0.3, 0.4) is 0 Å². The van der Waals surface area contributed by atoms with Gasteiger partial charge in [0.05, 0.1) is 7.11 Å². The van der Waals surface area contributed by atoms with Crippen molar-refractivity contribution < 1.29 is 14.6 Å². The topological polar surface area (TPSA) is 63.8 Å². The predicted octanol–water partition coefficient (Wildman–Crippen LogP) is 0.541. The van der Waals surface area contributed by atoms with Crippen LogP contribution in [0, 0.1) is 0 Å². The summed E-state index contributed by atoms with van der Waals surface area (Å²) < 4.78 is 6.17. The third-order valence-electron chi connectivity index (χ3n) is 2.15. The number of hydrogen-bond acceptors (Lipinski definition) is 4. The van der Waals surface area contributed by atoms with Gasteiger partial charge in [-0.15, -0.1) is 0 Å². The molecule has 2 rings (SSSR count). The summed E-state index contributed by atoms with van der Waals surface area (Å²) >= 11 is 0. The van der Waals surface area contributed by atoms with Crippen LogP contribution >= 0.6 is 0 Å². The zero-order valence-corrected chi connectivity index (χ0v) is 8.12. The fraction of sp³-hybridized carbons (Fsp3) is 0.200. The number of aliphatic hydroxyl groups is 1. The van der Waals surface area contributed by atoms with E-state index in [1.165, 1.54) is 7.11 Å². The minimum absolute atomic E-state index is 0.479. The first-order chi connectivity index (χ1) is 7.22. The van der Waals surface area contributed by atoms with Gasteiger partial charge in [0.25, 0.3) is 0 Å². The third kappa shape index (κ3) is 1.69. The van der Waals surface area contributed by atoms with Crippen LogP contribution in [0.25, 0.3) is 5.65 Å². The van der Waals surface area contributed by atoms with Crippen LogP contribution in [0.5, 0.6) is 0 Å². The number of carbonyl (C=O) groups excluding carboxylic acids is 1. The first kappa shape index (κ1) is 9.67. The summed E-state index contributed by atoms with van der Waals surface area (Å²) in [7, 11) is 1.24. The van der Waals surface area contributed by atoms with Crippen molar-refractivity contribution in [1.82, 2.24) is 9.38 Å². The Labute approximate surface area is 85.9 Å². The lowest BCUT2D eigenvalue weighted by atomic mass is 10.1. The van der Waals surface area contributed by atoms with Crippen molar-refractivity contribution in [2.45, 2.75) is 6.10 Å². The molecule has 1 atom stereocenters. The number of pyridine rings is 1. The fourth-order valence-corrected chi connectivity index (χ4v) is 1.35. The number of esters is 1. The quantitative estimate of drug-likeness (QED) is 0.728. The number of aromatic nitrogens is 2. The van der Waals surface area contributed by atoms with Crippen LogP contribution in [-0.4, -0.2) is 27.6 Å². The summed E-state index contributed by atoms with van der Waals surface area (Å²) in [4.78, 5) is 15.1. The molecular formula is C10H10N2O3. The van der Waals surface area contributed by atoms with Gasteiger partial charge in [0, 0.05) is 24.2 Å². The Bertz CT molecular complexity index is 492. The predicted molar refractivity (Wildman–Crippen MR) is 52.2 cm³/mol. The number of ether oxygens (including phenoxy) is 1. The minimum atomic E-state index is -1.25. The molecule has 0 bridgehead atoms. The second-order valence-corrected chi connectivity index (χ2v) is 3.08. The summed E-state index contributed by atoms with van der Waals surface area (Å²) in [6, 6.07) is 3.37. The highest BCUT2D eigenvalue weighted by atomic mass is 16.5. The highest BCUT2D eigenvalue weighted by molar-refractivity contribution is 5.76. The van der Waals surface area contributed by atoms with E-state index in [1.807, 2.05) is 0 Å². The zero-order chi connectivity index (χ0) is 10.8. The van der Waals surface area contributed by atoms with Crippen molar-refractivity contribution in [2.24, 2.45) is 0 Å². The number of fused-ring (bicyclic) bond motifs is 1. The maximum absolute atomic E-state index is 11.1. The molecule has 0 saturated heterocycles. The van der Waals surface area contributed by atoms with Gasteiger partial charge in [-0.2, -0.15) is 0 Å². The molecular weight excluding hydrogens is 196 g/mol. The van der Waals surface area contributed by atoms with Crippen LogP contribution in [0.15, 0.2) is 30.7 Å². The molecule has 0 spiro atoms. The van der Waals surface area contributed by atoms with E-state index in [1.54, 1.807) is 35.1 Å². The molecule has 0 aliphatic rings. The van der Waals surface area contributed by atoms with Crippen molar-refractivity contribution in [3.05, 3.63) is 36.3 Å². The number of hydrogen-bond donors (Lipinski definition) is 1. The Morgan fingerprint density at radius 1 is 1.60 bits per heavy atom. The molecule has 0 aliphatic carbocycles. The lowest BCUT2D eigenvalue weighted by molar-refractivity contribution is -0.150. The maximum atomic E-state index is 11.1. The monoisotopic (exact) mass is 206 g/mol. The number of methoxy groups -OCH3 is 1. The van der Waals surface area contributed by atoms with Crippen molar-refractivity contribution in [3.8, 4) is 0 Å². The van der Waals surface area contributed by atoms with E-state index in [0.717, 1.165) is 5.65 Å². The molecule has 2 heterocycles. The Hall–Kier alpha value is -1.88. The fourth-order valence-electron chi connectivity index (χ4n) is 1.35. The highest BCUT2D eigenvalue weighted by Gasteiger charge is 2.17. The Morgan fingerprint density at radius 3 is 3.13 bits per heavy atom. The van der Waals surface area contributed by atoms with Crippen molar-refractivity contribution in [2.75, 3.05) is 7.11 Å². The van der Waals surface area contributed by atoms with Gasteiger partial charge < -0.3 is 14.2 Å². The summed E-state index contributed by atoms with van der Waals surface area (Å²) in [6.45, 7) is 0. The van der Waals surface area contributed by atoms with Crippen molar-refractivity contribution >= 4 is 11.6 Å². The van der Waals surface area contributed by atoms with Gasteiger partial charge in [0.15, 0.2) is 6.10 Å². The van der Waals surface area contributed by atoms with Gasteiger partial charge in [-0.3, -0.25) is 0 Å². The number of imidazole rings is 1. The van der Waals surface area contributed by atoms with E-state index in [2.05, 4.69) is 9.72 Å². The molecule has 78 valence electrons. The van der Waals surface area contributed by atoms with E-state index in [9.17, 15) is 9.90 Å². The van der Waals surface area contributed by atoms with Gasteiger partial charge in [0.1, 0.15) is 5.65 Å². The maximum Gasteiger partial charge on any atom is 0.339 e. The molecule has 0 aliphatic heterocycles. The molecule has 5 nitrogen and oxygen atoms in total. The summed E-state index contributed by atoms with van der Waals surface area (Å²) in [5.74, 6) is -0.672. The minimum Gasteiger partial charge on any atom is -0.467 e. The largest absolute Gasteiger partial charge is 0.467 e. The van der Waals surface area contributed by atoms with Gasteiger partial charge in [-0.25, -0.2) is 9.78 Å². The molecule has 2 aromatic heterocycles. The van der Waals surface area contributed by atoms with Crippen LogP contribution < -0.4 is 0 Å². The molecule has 5 heteroatoms. The number of rotatable bonds is 2. The summed E-state index contributed by atoms with van der Waals surface area (Å²) in [6.07, 6.45) is 3.78. The average Bonchev–Trinajstić information content (AvgIpc) is 2.73. The third-order valence-corrected chi connectivity index (χ3v) is 2.15. The number of aliphatic hydroxyl groups excluding tert-OH is 1. The van der Waals surface area contributed by atoms with Crippen LogP contribution in [0.1, 0.15) is 11.7 Å². The van der Waals surface area contributed by atoms with E-state index < -0.39 is 12.1 Å². The number of carbonyl (C=O) groups is 1. The lowest BCUT2D eigenvalue weighted by Gasteiger charge is -2.08. The summed E-state index contributed by atoms with van der Waals surface area (Å²) in [5.41, 5.74) is 1.24. The van der Waals surface area contributed by atoms with E-state index in [4.69, 9.17) is 0 Å². The zero-order valence-electron chi connectivity index (χ0n) is 8.12. The Balaban J connectivity index is 2.39. The molecule has 1 N–H and O–H groups in total. The van der Waals surface area contributed by atoms with Gasteiger partial charge in [-0.1, -0.05) is 6.07 Å². The molecule has 0 saturated carbocycles. The molecule has 2 aromatic rings. The van der Waals surface area contributed by atoms with E-state index in [0.29, 0.717) is 5.56 Å². The van der Waals surface area contributed by atoms with Gasteiger partial charge >= 0.3 is 5.97 Å². The molecule has 0 radical (unpaired) electrons. The van der Waals surface area contributed by atoms with E-state index in [-0.39, 0.29) is 0 Å². The van der Waals surface area contributed by atoms with Crippen LogP contribution in [0.2, 0.25) is 0 Å². The normalized spacial score (nSPS) is 12.7. The van der Waals surface area contributed by atoms with E-state index >= 15 is 0 Å². The second-order valence-electron chi connectivity index (χ2n) is 3.08. The lowest BCUT2D eigenvalue weighted by Crippen LogP contribution is -2.13. The SMILES string of the molecule is COC(=O)C(O)c1ccc2nccn2c1. The van der Waals surface area contributed by atoms with Crippen molar-refractivity contribution in [1.29, 1.82) is 0 Å². The van der Waals surface area contributed by atoms with Gasteiger partial charge in [-0.05, 0) is 6.07 Å². The molecule has 0 amide bonds. The van der Waals surface area contributed by atoms with Gasteiger partial charge in [0.2, 0.25) is 0 Å². The average molecular weight is 206 g/mol. The highest BCUT2D eigenvalue weighted by Crippen LogP contribution is 2.14. The molecule has 0 aromatic carbocycles. The Morgan fingerprint density at radius 2 is 2.40 bits per heavy atom. The molecule has 0 fully saturated rings. The molecule has 15 heavy (non-hydrogen) atoms. The second kappa shape index (κ2) is 3.70. The van der Waals surface area contributed by atoms with Crippen molar-refractivity contribution in [3.63, 3.8) is 0 Å². The smallest absolute Gasteiger partial charge is 0.339 e. The summed E-state index contributed by atoms with van der Waals surface area (Å²) in [5, 5.41) is 9.58. The standard InChI is InChI=1S/C10H10N2O3/c1-15-10(14)9(13)7-2-3-8-11-4-5-12(8)6-7/h2-6,9,13H,1H3. The Kier molecular flexibility index (Phi) is 2.39.